The van der Waals surface area contributed by atoms with E-state index in [0.29, 0.717) is 16.9 Å². The van der Waals surface area contributed by atoms with E-state index in [9.17, 15) is 21.6 Å². The fraction of sp³-hybridized carbons (Fsp3) is 0.231. The van der Waals surface area contributed by atoms with Crippen LogP contribution in [0, 0.1) is 0 Å². The molecule has 204 valence electrons. The molecule has 9 nitrogen and oxygen atoms in total. The Bertz CT molecular complexity index is 1650. The number of nitrogens with one attached hydrogen (secondary N) is 5. The summed E-state index contributed by atoms with van der Waals surface area (Å²) in [5.74, 6) is -0.403. The van der Waals surface area contributed by atoms with Crippen molar-refractivity contribution in [1.82, 2.24) is 20.3 Å². The number of H-pyrrole nitrogens is 1. The van der Waals surface area contributed by atoms with E-state index < -0.39 is 27.6 Å². The third-order valence-corrected chi connectivity index (χ3v) is 6.74. The first-order chi connectivity index (χ1) is 18.5. The average molecular weight is 558 g/mol. The number of sulfonamides is 1. The van der Waals surface area contributed by atoms with E-state index in [0.717, 1.165) is 48.4 Å². The molecule has 0 saturated heterocycles. The summed E-state index contributed by atoms with van der Waals surface area (Å²) in [7, 11) is -3.50. The largest absolute Gasteiger partial charge is 0.421 e. The van der Waals surface area contributed by atoms with Gasteiger partial charge in [0.25, 0.3) is 0 Å². The first-order valence-electron chi connectivity index (χ1n) is 12.1. The van der Waals surface area contributed by atoms with Crippen LogP contribution in [0.5, 0.6) is 0 Å². The molecular formula is C26H26F3N7O2S. The van der Waals surface area contributed by atoms with Crippen LogP contribution in [0.25, 0.3) is 16.5 Å². The van der Waals surface area contributed by atoms with Crippen molar-refractivity contribution in [2.75, 3.05) is 34.7 Å². The van der Waals surface area contributed by atoms with Gasteiger partial charge in [0.05, 0.1) is 6.26 Å². The maximum absolute atomic E-state index is 13.7. The van der Waals surface area contributed by atoms with Crippen molar-refractivity contribution in [2.24, 2.45) is 0 Å². The van der Waals surface area contributed by atoms with Gasteiger partial charge in [-0.1, -0.05) is 18.2 Å². The molecule has 2 aromatic heterocycles. The Balaban J connectivity index is 1.39. The van der Waals surface area contributed by atoms with Gasteiger partial charge >= 0.3 is 6.18 Å². The quantitative estimate of drug-likeness (QED) is 0.205. The van der Waals surface area contributed by atoms with Gasteiger partial charge in [0.1, 0.15) is 11.4 Å². The zero-order valence-electron chi connectivity index (χ0n) is 20.9. The number of halogens is 3. The molecule has 5 N–H and O–H groups in total. The van der Waals surface area contributed by atoms with Gasteiger partial charge < -0.3 is 20.9 Å². The van der Waals surface area contributed by atoms with Crippen LogP contribution < -0.4 is 20.7 Å². The van der Waals surface area contributed by atoms with Crippen molar-refractivity contribution in [1.29, 1.82) is 0 Å². The van der Waals surface area contributed by atoms with E-state index >= 15 is 0 Å². The lowest BCUT2D eigenvalue weighted by atomic mass is 9.99. The highest BCUT2D eigenvalue weighted by Crippen LogP contribution is 2.35. The minimum absolute atomic E-state index is 0.00416. The summed E-state index contributed by atoms with van der Waals surface area (Å²) in [6.45, 7) is 1.67. The summed E-state index contributed by atoms with van der Waals surface area (Å²) in [6.07, 6.45) is 2.08. The molecule has 0 aliphatic carbocycles. The van der Waals surface area contributed by atoms with Gasteiger partial charge in [0.15, 0.2) is 0 Å². The molecule has 4 aromatic rings. The molecule has 13 heteroatoms. The normalized spacial score (nSPS) is 14.2. The van der Waals surface area contributed by atoms with Gasteiger partial charge in [0.2, 0.25) is 16.0 Å². The van der Waals surface area contributed by atoms with Crippen molar-refractivity contribution in [3.05, 3.63) is 77.6 Å². The Morgan fingerprint density at radius 2 is 1.95 bits per heavy atom. The monoisotopic (exact) mass is 557 g/mol. The number of rotatable bonds is 8. The maximum atomic E-state index is 13.7. The molecule has 2 aromatic carbocycles. The van der Waals surface area contributed by atoms with Crippen LogP contribution in [-0.2, 0) is 22.7 Å². The predicted molar refractivity (Wildman–Crippen MR) is 146 cm³/mol. The second kappa shape index (κ2) is 10.6. The summed E-state index contributed by atoms with van der Waals surface area (Å²) in [4.78, 5) is 11.3. The number of hydrogen-bond acceptors (Lipinski definition) is 7. The molecule has 5 rings (SSSR count). The van der Waals surface area contributed by atoms with E-state index in [-0.39, 0.29) is 12.5 Å². The van der Waals surface area contributed by atoms with Gasteiger partial charge in [-0.05, 0) is 54.4 Å². The smallest absolute Gasteiger partial charge is 0.365 e. The van der Waals surface area contributed by atoms with E-state index in [1.54, 1.807) is 24.3 Å². The molecule has 0 amide bonds. The number of alkyl halides is 3. The van der Waals surface area contributed by atoms with Crippen LogP contribution in [-0.4, -0.2) is 42.7 Å². The Labute approximate surface area is 223 Å². The van der Waals surface area contributed by atoms with E-state index in [1.807, 2.05) is 18.3 Å². The lowest BCUT2D eigenvalue weighted by Crippen LogP contribution is -2.19. The van der Waals surface area contributed by atoms with Gasteiger partial charge in [-0.15, -0.1) is 0 Å². The molecule has 0 fully saturated rings. The van der Waals surface area contributed by atoms with E-state index in [4.69, 9.17) is 0 Å². The Morgan fingerprint density at radius 3 is 2.69 bits per heavy atom. The van der Waals surface area contributed by atoms with E-state index in [2.05, 4.69) is 41.7 Å². The molecule has 0 unspecified atom stereocenters. The van der Waals surface area contributed by atoms with Crippen molar-refractivity contribution in [3.63, 3.8) is 0 Å². The third-order valence-electron chi connectivity index (χ3n) is 6.13. The highest BCUT2D eigenvalue weighted by Gasteiger charge is 2.35. The summed E-state index contributed by atoms with van der Waals surface area (Å²) in [6, 6.07) is 12.0. The standard InChI is InChI=1S/C26H26F3N7O2S/c1-39(37,38)36-19-4-2-3-16(11-19)13-32-24-22(26(27,28)29)15-33-25(35-24)34-18-5-6-23-20(12-18)21(14-31-23)17-7-9-30-10-8-17/h2-7,11-12,14-15,30-31,36H,8-10,13H2,1H3,(H2,32,33,34,35). The van der Waals surface area contributed by atoms with Crippen LogP contribution in [0.3, 0.4) is 0 Å². The number of fused-ring (bicyclic) bond motifs is 1. The zero-order valence-corrected chi connectivity index (χ0v) is 21.7. The number of aromatic amines is 1. The first kappa shape index (κ1) is 26.5. The molecule has 1 aliphatic rings. The van der Waals surface area contributed by atoms with Crippen LogP contribution in [0.4, 0.5) is 36.3 Å². The maximum Gasteiger partial charge on any atom is 0.421 e. The van der Waals surface area contributed by atoms with Crippen molar-refractivity contribution < 1.29 is 21.6 Å². The minimum Gasteiger partial charge on any atom is -0.365 e. The molecule has 3 heterocycles. The minimum atomic E-state index is -4.68. The number of benzene rings is 2. The van der Waals surface area contributed by atoms with Gasteiger partial charge in [-0.2, -0.15) is 18.2 Å². The molecular weight excluding hydrogens is 531 g/mol. The summed E-state index contributed by atoms with van der Waals surface area (Å²) in [5.41, 5.74) is 3.73. The Morgan fingerprint density at radius 1 is 1.10 bits per heavy atom. The van der Waals surface area contributed by atoms with Crippen molar-refractivity contribution in [2.45, 2.75) is 19.1 Å². The Kier molecular flexibility index (Phi) is 7.19. The second-order valence-electron chi connectivity index (χ2n) is 9.15. The number of aromatic nitrogens is 3. The number of hydrogen-bond donors (Lipinski definition) is 5. The van der Waals surface area contributed by atoms with Crippen LogP contribution in [0.15, 0.2) is 60.9 Å². The summed E-state index contributed by atoms with van der Waals surface area (Å²) < 4.78 is 66.5. The van der Waals surface area contributed by atoms with Crippen molar-refractivity contribution in [3.8, 4) is 0 Å². The average Bonchev–Trinajstić information content (AvgIpc) is 3.30. The molecule has 0 atom stereocenters. The molecule has 0 saturated carbocycles. The summed E-state index contributed by atoms with van der Waals surface area (Å²) >= 11 is 0. The second-order valence-corrected chi connectivity index (χ2v) is 10.9. The van der Waals surface area contributed by atoms with E-state index in [1.165, 1.54) is 11.6 Å². The topological polar surface area (TPSA) is 124 Å². The fourth-order valence-electron chi connectivity index (χ4n) is 4.39. The fourth-order valence-corrected chi connectivity index (χ4v) is 4.94. The van der Waals surface area contributed by atoms with Crippen LogP contribution in [0.1, 0.15) is 23.1 Å². The van der Waals surface area contributed by atoms with Crippen molar-refractivity contribution >= 4 is 49.6 Å². The lowest BCUT2D eigenvalue weighted by molar-refractivity contribution is -0.137. The Hall–Kier alpha value is -4.10. The first-order valence-corrected chi connectivity index (χ1v) is 14.0. The lowest BCUT2D eigenvalue weighted by Gasteiger charge is -2.16. The SMILES string of the molecule is CS(=O)(=O)Nc1cccc(CNc2nc(Nc3ccc4[nH]cc(C5=CCNCC5)c4c3)ncc2C(F)(F)F)c1. The third kappa shape index (κ3) is 6.49. The number of nitrogens with zero attached hydrogens (tertiary/aromatic N) is 2. The molecule has 0 bridgehead atoms. The number of anilines is 4. The highest BCUT2D eigenvalue weighted by molar-refractivity contribution is 7.92. The molecule has 1 aliphatic heterocycles. The van der Waals surface area contributed by atoms with Gasteiger partial charge in [0, 0.05) is 53.3 Å². The molecule has 0 radical (unpaired) electrons. The predicted octanol–water partition coefficient (Wildman–Crippen LogP) is 5.08. The van der Waals surface area contributed by atoms with Gasteiger partial charge in [-0.3, -0.25) is 4.72 Å². The van der Waals surface area contributed by atoms with Gasteiger partial charge in [-0.25, -0.2) is 13.4 Å². The highest BCUT2D eigenvalue weighted by atomic mass is 32.2. The van der Waals surface area contributed by atoms with Crippen LogP contribution >= 0.6 is 0 Å². The molecule has 0 spiro atoms. The zero-order chi connectivity index (χ0) is 27.6. The van der Waals surface area contributed by atoms with Crippen LogP contribution in [0.2, 0.25) is 0 Å². The summed E-state index contributed by atoms with van der Waals surface area (Å²) in [5, 5.41) is 10.0. The molecule has 39 heavy (non-hydrogen) atoms.